The van der Waals surface area contributed by atoms with Gasteiger partial charge in [0.1, 0.15) is 6.10 Å². The van der Waals surface area contributed by atoms with Crippen molar-refractivity contribution < 1.29 is 9.53 Å². The van der Waals surface area contributed by atoms with Gasteiger partial charge in [0.2, 0.25) is 0 Å². The summed E-state index contributed by atoms with van der Waals surface area (Å²) in [4.78, 5) is 23.6. The van der Waals surface area contributed by atoms with Crippen LogP contribution in [0.4, 0.5) is 0 Å². The molecule has 0 aromatic carbocycles. The van der Waals surface area contributed by atoms with Gasteiger partial charge in [-0.2, -0.15) is 0 Å². The summed E-state index contributed by atoms with van der Waals surface area (Å²) < 4.78 is 5.52. The second-order valence-corrected chi connectivity index (χ2v) is 6.82. The summed E-state index contributed by atoms with van der Waals surface area (Å²) in [6.07, 6.45) is 1.66. The number of likely N-dealkylation sites (N-methyl/N-ethyl adjacent to an activating group) is 1. The number of amides is 1. The molecule has 2 heterocycles. The topological polar surface area (TPSA) is 60.4 Å². The SMILES string of the molecule is CCNC(=NCC(C)N(C)C)N1CCN(C(=O)C2CCCO2)CC1.I. The van der Waals surface area contributed by atoms with Gasteiger partial charge in [0.25, 0.3) is 5.91 Å². The quantitative estimate of drug-likeness (QED) is 0.369. The van der Waals surface area contributed by atoms with Gasteiger partial charge in [-0.1, -0.05) is 0 Å². The molecule has 2 rings (SSSR count). The van der Waals surface area contributed by atoms with Crippen molar-refractivity contribution in [2.75, 3.05) is 60.0 Å². The molecule has 8 heteroatoms. The van der Waals surface area contributed by atoms with E-state index in [4.69, 9.17) is 9.73 Å². The highest BCUT2D eigenvalue weighted by Crippen LogP contribution is 2.16. The lowest BCUT2D eigenvalue weighted by atomic mass is 10.2. The number of rotatable bonds is 5. The van der Waals surface area contributed by atoms with Crippen LogP contribution in [0.25, 0.3) is 0 Å². The monoisotopic (exact) mass is 467 g/mol. The molecule has 2 saturated heterocycles. The Bertz CT molecular complexity index is 433. The van der Waals surface area contributed by atoms with Crippen molar-refractivity contribution in [1.29, 1.82) is 0 Å². The maximum atomic E-state index is 12.4. The Balaban J connectivity index is 0.00000312. The van der Waals surface area contributed by atoms with E-state index in [0.29, 0.717) is 6.04 Å². The smallest absolute Gasteiger partial charge is 0.251 e. The highest BCUT2D eigenvalue weighted by Gasteiger charge is 2.30. The van der Waals surface area contributed by atoms with Crippen LogP contribution in [0.5, 0.6) is 0 Å². The number of carbonyl (C=O) groups excluding carboxylic acids is 1. The molecule has 0 bridgehead atoms. The molecule has 0 aromatic heterocycles. The number of aliphatic imine (C=N–C) groups is 1. The Kier molecular flexibility index (Phi) is 10.0. The molecule has 0 spiro atoms. The van der Waals surface area contributed by atoms with Crippen molar-refractivity contribution in [3.8, 4) is 0 Å². The van der Waals surface area contributed by atoms with Gasteiger partial charge in [0, 0.05) is 45.4 Å². The summed E-state index contributed by atoms with van der Waals surface area (Å²) in [6, 6.07) is 0.404. The number of piperazine rings is 1. The predicted molar refractivity (Wildman–Crippen MR) is 112 cm³/mol. The number of guanidine groups is 1. The summed E-state index contributed by atoms with van der Waals surface area (Å²) in [5.74, 6) is 1.12. The van der Waals surface area contributed by atoms with Crippen LogP contribution in [0, 0.1) is 0 Å². The number of hydrogen-bond donors (Lipinski definition) is 1. The molecule has 146 valence electrons. The van der Waals surface area contributed by atoms with Crippen molar-refractivity contribution >= 4 is 35.8 Å². The first-order valence-electron chi connectivity index (χ1n) is 9.13. The molecule has 2 unspecified atom stereocenters. The van der Waals surface area contributed by atoms with Crippen molar-refractivity contribution in [1.82, 2.24) is 20.0 Å². The zero-order chi connectivity index (χ0) is 17.5. The Morgan fingerprint density at radius 3 is 2.44 bits per heavy atom. The Hall–Kier alpha value is -0.610. The first-order chi connectivity index (χ1) is 11.5. The van der Waals surface area contributed by atoms with E-state index >= 15 is 0 Å². The van der Waals surface area contributed by atoms with Gasteiger partial charge in [-0.05, 0) is 40.8 Å². The molecule has 0 saturated carbocycles. The minimum Gasteiger partial charge on any atom is -0.368 e. The number of halogens is 1. The van der Waals surface area contributed by atoms with E-state index in [9.17, 15) is 4.79 Å². The summed E-state index contributed by atoms with van der Waals surface area (Å²) in [6.45, 7) is 9.72. The lowest BCUT2D eigenvalue weighted by molar-refractivity contribution is -0.142. The summed E-state index contributed by atoms with van der Waals surface area (Å²) in [5.41, 5.74) is 0. The van der Waals surface area contributed by atoms with Crippen LogP contribution >= 0.6 is 24.0 Å². The van der Waals surface area contributed by atoms with E-state index < -0.39 is 0 Å². The third-order valence-corrected chi connectivity index (χ3v) is 4.82. The highest BCUT2D eigenvalue weighted by atomic mass is 127. The van der Waals surface area contributed by atoms with Crippen LogP contribution in [0.3, 0.4) is 0 Å². The molecule has 25 heavy (non-hydrogen) atoms. The number of nitrogens with one attached hydrogen (secondary N) is 1. The normalized spacial score (nSPS) is 22.8. The van der Waals surface area contributed by atoms with Crippen LogP contribution in [-0.2, 0) is 9.53 Å². The third-order valence-electron chi connectivity index (χ3n) is 4.82. The maximum Gasteiger partial charge on any atom is 0.251 e. The van der Waals surface area contributed by atoms with Gasteiger partial charge < -0.3 is 24.8 Å². The molecule has 0 aliphatic carbocycles. The van der Waals surface area contributed by atoms with Crippen molar-refractivity contribution in [3.05, 3.63) is 0 Å². The summed E-state index contributed by atoms with van der Waals surface area (Å²) >= 11 is 0. The van der Waals surface area contributed by atoms with Gasteiger partial charge in [0.15, 0.2) is 5.96 Å². The maximum absolute atomic E-state index is 12.4. The van der Waals surface area contributed by atoms with Gasteiger partial charge >= 0.3 is 0 Å². The van der Waals surface area contributed by atoms with Crippen LogP contribution in [0.1, 0.15) is 26.7 Å². The highest BCUT2D eigenvalue weighted by molar-refractivity contribution is 14.0. The number of ether oxygens (including phenoxy) is 1. The fraction of sp³-hybridized carbons (Fsp3) is 0.882. The average Bonchev–Trinajstić information content (AvgIpc) is 3.12. The molecule has 7 nitrogen and oxygen atoms in total. The molecule has 0 aromatic rings. The molecule has 2 atom stereocenters. The molecular weight excluding hydrogens is 433 g/mol. The van der Waals surface area contributed by atoms with Gasteiger partial charge in [0.05, 0.1) is 6.54 Å². The van der Waals surface area contributed by atoms with Crippen molar-refractivity contribution in [2.45, 2.75) is 38.8 Å². The molecule has 1 amide bonds. The van der Waals surface area contributed by atoms with Gasteiger partial charge in [-0.25, -0.2) is 0 Å². The van der Waals surface area contributed by atoms with E-state index in [1.165, 1.54) is 0 Å². The Labute approximate surface area is 169 Å². The summed E-state index contributed by atoms with van der Waals surface area (Å²) in [5, 5.41) is 3.38. The van der Waals surface area contributed by atoms with E-state index in [1.54, 1.807) is 0 Å². The van der Waals surface area contributed by atoms with E-state index in [1.807, 2.05) is 4.90 Å². The lowest BCUT2D eigenvalue weighted by Gasteiger charge is -2.37. The van der Waals surface area contributed by atoms with E-state index in [0.717, 1.165) is 64.7 Å². The molecule has 2 aliphatic rings. The zero-order valence-electron chi connectivity index (χ0n) is 16.0. The van der Waals surface area contributed by atoms with Crippen LogP contribution in [-0.4, -0.2) is 98.7 Å². The minimum absolute atomic E-state index is 0. The molecular formula is C17H34IN5O2. The molecule has 2 fully saturated rings. The standard InChI is InChI=1S/C17H33N5O2.HI/c1-5-18-17(19-13-14(2)20(3)4)22-10-8-21(9-11-22)16(23)15-7-6-12-24-15;/h14-15H,5-13H2,1-4H3,(H,18,19);1H. The predicted octanol–water partition coefficient (Wildman–Crippen LogP) is 0.843. The second-order valence-electron chi connectivity index (χ2n) is 6.82. The van der Waals surface area contributed by atoms with Crippen LogP contribution in [0.15, 0.2) is 4.99 Å². The van der Waals surface area contributed by atoms with Crippen LogP contribution in [0.2, 0.25) is 0 Å². The van der Waals surface area contributed by atoms with E-state index in [2.05, 4.69) is 43.1 Å². The van der Waals surface area contributed by atoms with Crippen LogP contribution < -0.4 is 5.32 Å². The molecule has 0 radical (unpaired) electrons. The lowest BCUT2D eigenvalue weighted by Crippen LogP contribution is -2.55. The Morgan fingerprint density at radius 1 is 1.28 bits per heavy atom. The largest absolute Gasteiger partial charge is 0.368 e. The second kappa shape index (κ2) is 11.2. The fourth-order valence-corrected chi connectivity index (χ4v) is 2.92. The van der Waals surface area contributed by atoms with Crippen molar-refractivity contribution in [3.63, 3.8) is 0 Å². The average molecular weight is 467 g/mol. The third kappa shape index (κ3) is 6.56. The Morgan fingerprint density at radius 2 is 1.92 bits per heavy atom. The first kappa shape index (κ1) is 22.4. The van der Waals surface area contributed by atoms with Gasteiger partial charge in [-0.3, -0.25) is 9.79 Å². The van der Waals surface area contributed by atoms with Gasteiger partial charge in [-0.15, -0.1) is 24.0 Å². The van der Waals surface area contributed by atoms with Crippen molar-refractivity contribution in [2.24, 2.45) is 4.99 Å². The summed E-state index contributed by atoms with van der Waals surface area (Å²) in [7, 11) is 4.14. The van der Waals surface area contributed by atoms with E-state index in [-0.39, 0.29) is 36.0 Å². The fourth-order valence-electron chi connectivity index (χ4n) is 2.92. The molecule has 1 N–H and O–H groups in total. The number of nitrogens with zero attached hydrogens (tertiary/aromatic N) is 4. The molecule has 2 aliphatic heterocycles. The minimum atomic E-state index is -0.209. The first-order valence-corrected chi connectivity index (χ1v) is 9.13. The zero-order valence-corrected chi connectivity index (χ0v) is 18.4. The number of hydrogen-bond acceptors (Lipinski definition) is 4. The number of carbonyl (C=O) groups is 1.